The quantitative estimate of drug-likeness (QED) is 0.896. The van der Waals surface area contributed by atoms with Crippen LogP contribution >= 0.6 is 0 Å². The second-order valence-electron chi connectivity index (χ2n) is 5.11. The zero-order valence-corrected chi connectivity index (χ0v) is 11.8. The Hall–Kier alpha value is -1.88. The molecule has 2 rings (SSSR count). The Morgan fingerprint density at radius 3 is 2.65 bits per heavy atom. The Morgan fingerprint density at radius 2 is 2.05 bits per heavy atom. The van der Waals surface area contributed by atoms with E-state index in [-0.39, 0.29) is 5.91 Å². The van der Waals surface area contributed by atoms with Crippen molar-refractivity contribution in [2.24, 2.45) is 0 Å². The third-order valence-corrected chi connectivity index (χ3v) is 3.65. The van der Waals surface area contributed by atoms with Crippen LogP contribution in [0.3, 0.4) is 0 Å². The number of anilines is 1. The van der Waals surface area contributed by atoms with Gasteiger partial charge in [-0.25, -0.2) is 0 Å². The first-order valence-electron chi connectivity index (χ1n) is 6.83. The number of carbonyl (C=O) groups excluding carboxylic acids is 2. The summed E-state index contributed by atoms with van der Waals surface area (Å²) in [6, 6.07) is 8.95. The molecule has 1 fully saturated rings. The van der Waals surface area contributed by atoms with E-state index in [1.54, 1.807) is 11.9 Å². The molecule has 2 atom stereocenters. The third-order valence-electron chi connectivity index (χ3n) is 3.65. The molecule has 108 valence electrons. The number of piperidine rings is 1. The van der Waals surface area contributed by atoms with Crippen LogP contribution in [0.4, 0.5) is 5.69 Å². The Kier molecular flexibility index (Phi) is 4.39. The van der Waals surface area contributed by atoms with Gasteiger partial charge in [-0.2, -0.15) is 0 Å². The molecule has 20 heavy (non-hydrogen) atoms. The molecule has 5 heteroatoms. The third kappa shape index (κ3) is 2.82. The minimum Gasteiger partial charge on any atom is -0.384 e. The zero-order chi connectivity index (χ0) is 14.7. The van der Waals surface area contributed by atoms with E-state index >= 15 is 0 Å². The fourth-order valence-electron chi connectivity index (χ4n) is 2.53. The van der Waals surface area contributed by atoms with E-state index in [0.717, 1.165) is 12.1 Å². The van der Waals surface area contributed by atoms with Crippen molar-refractivity contribution < 1.29 is 14.7 Å². The van der Waals surface area contributed by atoms with Crippen molar-refractivity contribution in [3.05, 3.63) is 30.3 Å². The molecule has 1 heterocycles. The first-order valence-corrected chi connectivity index (χ1v) is 6.83. The highest BCUT2D eigenvalue weighted by atomic mass is 16.3. The predicted molar refractivity (Wildman–Crippen MR) is 76.3 cm³/mol. The Balaban J connectivity index is 2.17. The van der Waals surface area contributed by atoms with Crippen molar-refractivity contribution in [3.8, 4) is 0 Å². The summed E-state index contributed by atoms with van der Waals surface area (Å²) in [4.78, 5) is 27.5. The molecular formula is C15H20N2O3. The maximum Gasteiger partial charge on any atom is 0.251 e. The summed E-state index contributed by atoms with van der Waals surface area (Å²) in [7, 11) is 1.58. The molecule has 5 nitrogen and oxygen atoms in total. The highest BCUT2D eigenvalue weighted by Crippen LogP contribution is 2.23. The van der Waals surface area contributed by atoms with Gasteiger partial charge in [-0.05, 0) is 31.9 Å². The SMILES string of the molecule is CC(O)C(=O)N(C)C1CCCN(c2ccccc2)C1=O. The van der Waals surface area contributed by atoms with Gasteiger partial charge in [0.25, 0.3) is 5.91 Å². The molecule has 1 aliphatic heterocycles. The fraction of sp³-hybridized carbons (Fsp3) is 0.467. The van der Waals surface area contributed by atoms with Crippen LogP contribution in [0, 0.1) is 0 Å². The summed E-state index contributed by atoms with van der Waals surface area (Å²) >= 11 is 0. The molecular weight excluding hydrogens is 256 g/mol. The summed E-state index contributed by atoms with van der Waals surface area (Å²) in [5, 5.41) is 9.38. The molecule has 0 aromatic heterocycles. The Labute approximate surface area is 118 Å². The molecule has 1 aromatic rings. The van der Waals surface area contributed by atoms with Gasteiger partial charge in [0.15, 0.2) is 0 Å². The van der Waals surface area contributed by atoms with Gasteiger partial charge in [0.05, 0.1) is 0 Å². The lowest BCUT2D eigenvalue weighted by molar-refractivity contribution is -0.144. The zero-order valence-electron chi connectivity index (χ0n) is 11.8. The number of rotatable bonds is 3. The lowest BCUT2D eigenvalue weighted by Crippen LogP contribution is -2.54. The number of benzene rings is 1. The number of hydrogen-bond acceptors (Lipinski definition) is 3. The monoisotopic (exact) mass is 276 g/mol. The van der Waals surface area contributed by atoms with Crippen molar-refractivity contribution in [3.63, 3.8) is 0 Å². The van der Waals surface area contributed by atoms with Crippen LogP contribution in [0.25, 0.3) is 0 Å². The van der Waals surface area contributed by atoms with Crippen molar-refractivity contribution in [1.29, 1.82) is 0 Å². The normalized spacial score (nSPS) is 20.6. The number of aliphatic hydroxyl groups excluding tert-OH is 1. The van der Waals surface area contributed by atoms with Crippen LogP contribution in [-0.4, -0.2) is 47.6 Å². The summed E-state index contributed by atoms with van der Waals surface area (Å²) in [5.74, 6) is -0.503. The average molecular weight is 276 g/mol. The van der Waals surface area contributed by atoms with E-state index in [1.165, 1.54) is 11.8 Å². The molecule has 0 bridgehead atoms. The molecule has 2 unspecified atom stereocenters. The maximum absolute atomic E-state index is 12.5. The molecule has 2 amide bonds. The molecule has 1 aromatic carbocycles. The number of amides is 2. The van der Waals surface area contributed by atoms with Gasteiger partial charge in [-0.3, -0.25) is 9.59 Å². The van der Waals surface area contributed by atoms with E-state index in [2.05, 4.69) is 0 Å². The summed E-state index contributed by atoms with van der Waals surface area (Å²) in [5.41, 5.74) is 0.847. The number of para-hydroxylation sites is 1. The molecule has 0 radical (unpaired) electrons. The van der Waals surface area contributed by atoms with E-state index < -0.39 is 18.1 Å². The van der Waals surface area contributed by atoms with Crippen LogP contribution in [0.1, 0.15) is 19.8 Å². The predicted octanol–water partition coefficient (Wildman–Crippen LogP) is 1.02. The maximum atomic E-state index is 12.5. The standard InChI is InChI=1S/C15H20N2O3/c1-11(18)14(19)16(2)13-9-6-10-17(15(13)20)12-7-4-3-5-8-12/h3-5,7-8,11,13,18H,6,9-10H2,1-2H3. The van der Waals surface area contributed by atoms with Crippen LogP contribution in [-0.2, 0) is 9.59 Å². The van der Waals surface area contributed by atoms with Crippen molar-refractivity contribution in [2.45, 2.75) is 31.9 Å². The fourth-order valence-corrected chi connectivity index (χ4v) is 2.53. The Morgan fingerprint density at radius 1 is 1.40 bits per heavy atom. The minimum atomic E-state index is -1.08. The number of aliphatic hydroxyl groups is 1. The molecule has 1 N–H and O–H groups in total. The van der Waals surface area contributed by atoms with Crippen LogP contribution in [0.15, 0.2) is 30.3 Å². The highest BCUT2D eigenvalue weighted by molar-refractivity contribution is 6.00. The van der Waals surface area contributed by atoms with Gasteiger partial charge in [-0.15, -0.1) is 0 Å². The largest absolute Gasteiger partial charge is 0.384 e. The van der Waals surface area contributed by atoms with Crippen LogP contribution in [0.5, 0.6) is 0 Å². The second-order valence-corrected chi connectivity index (χ2v) is 5.11. The van der Waals surface area contributed by atoms with Gasteiger partial charge >= 0.3 is 0 Å². The molecule has 0 spiro atoms. The number of nitrogens with zero attached hydrogens (tertiary/aromatic N) is 2. The van der Waals surface area contributed by atoms with Crippen LogP contribution in [0.2, 0.25) is 0 Å². The van der Waals surface area contributed by atoms with Gasteiger partial charge in [0, 0.05) is 19.3 Å². The Bertz CT molecular complexity index is 487. The lowest BCUT2D eigenvalue weighted by Gasteiger charge is -2.37. The molecule has 1 saturated heterocycles. The number of likely N-dealkylation sites (N-methyl/N-ethyl adjacent to an activating group) is 1. The second kappa shape index (κ2) is 6.05. The smallest absolute Gasteiger partial charge is 0.251 e. The summed E-state index contributed by atoms with van der Waals surface area (Å²) < 4.78 is 0. The van der Waals surface area contributed by atoms with Gasteiger partial charge in [0.1, 0.15) is 12.1 Å². The summed E-state index contributed by atoms with van der Waals surface area (Å²) in [6.45, 7) is 2.08. The first-order chi connectivity index (χ1) is 9.52. The van der Waals surface area contributed by atoms with Crippen molar-refractivity contribution in [1.82, 2.24) is 4.90 Å². The molecule has 1 aliphatic rings. The highest BCUT2D eigenvalue weighted by Gasteiger charge is 2.35. The molecule has 0 aliphatic carbocycles. The van der Waals surface area contributed by atoms with Gasteiger partial charge in [-0.1, -0.05) is 18.2 Å². The van der Waals surface area contributed by atoms with E-state index in [4.69, 9.17) is 0 Å². The molecule has 0 saturated carbocycles. The summed E-state index contributed by atoms with van der Waals surface area (Å²) in [6.07, 6.45) is 0.389. The van der Waals surface area contributed by atoms with E-state index in [9.17, 15) is 14.7 Å². The van der Waals surface area contributed by atoms with Crippen molar-refractivity contribution in [2.75, 3.05) is 18.5 Å². The first kappa shape index (κ1) is 14.5. The van der Waals surface area contributed by atoms with Gasteiger partial charge < -0.3 is 14.9 Å². The lowest BCUT2D eigenvalue weighted by atomic mass is 10.0. The van der Waals surface area contributed by atoms with Crippen molar-refractivity contribution >= 4 is 17.5 Å². The van der Waals surface area contributed by atoms with Crippen LogP contribution < -0.4 is 4.90 Å². The van der Waals surface area contributed by atoms with Gasteiger partial charge in [0.2, 0.25) is 5.91 Å². The minimum absolute atomic E-state index is 0.0843. The average Bonchev–Trinajstić information content (AvgIpc) is 2.47. The number of hydrogen-bond donors (Lipinski definition) is 1. The number of carbonyl (C=O) groups is 2. The topological polar surface area (TPSA) is 60.9 Å². The van der Waals surface area contributed by atoms with E-state index in [0.29, 0.717) is 13.0 Å². The van der Waals surface area contributed by atoms with E-state index in [1.807, 2.05) is 30.3 Å².